The van der Waals surface area contributed by atoms with Gasteiger partial charge in [0, 0.05) is 6.54 Å². The first-order chi connectivity index (χ1) is 6.35. The van der Waals surface area contributed by atoms with E-state index in [2.05, 4.69) is 10.1 Å². The molecule has 0 aliphatic heterocycles. The summed E-state index contributed by atoms with van der Waals surface area (Å²) >= 11 is 0. The molecule has 3 N–H and O–H groups in total. The zero-order valence-electron chi connectivity index (χ0n) is 9.49. The van der Waals surface area contributed by atoms with Gasteiger partial charge in [0.25, 0.3) is 0 Å². The van der Waals surface area contributed by atoms with Gasteiger partial charge in [-0.15, -0.1) is 12.4 Å². The molecular formula is C9H19ClN2O3. The molecule has 0 spiro atoms. The van der Waals surface area contributed by atoms with E-state index in [1.807, 2.05) is 0 Å². The van der Waals surface area contributed by atoms with Gasteiger partial charge in [0.05, 0.1) is 12.5 Å². The maximum absolute atomic E-state index is 11.5. The summed E-state index contributed by atoms with van der Waals surface area (Å²) in [6.07, 6.45) is 0. The summed E-state index contributed by atoms with van der Waals surface area (Å²) < 4.78 is 4.47. The second kappa shape index (κ2) is 6.63. The zero-order chi connectivity index (χ0) is 11.4. The first kappa shape index (κ1) is 16.6. The average Bonchev–Trinajstić information content (AvgIpc) is 2.16. The molecule has 15 heavy (non-hydrogen) atoms. The van der Waals surface area contributed by atoms with Crippen molar-refractivity contribution in [3.8, 4) is 0 Å². The van der Waals surface area contributed by atoms with Crippen molar-refractivity contribution in [3.63, 3.8) is 0 Å². The molecule has 0 heterocycles. The summed E-state index contributed by atoms with van der Waals surface area (Å²) in [6.45, 7) is 5.22. The number of nitrogens with two attached hydrogens (primary N) is 1. The summed E-state index contributed by atoms with van der Waals surface area (Å²) in [5.41, 5.74) is 4.75. The van der Waals surface area contributed by atoms with Gasteiger partial charge in [-0.25, -0.2) is 4.79 Å². The number of amides is 1. The van der Waals surface area contributed by atoms with Crippen LogP contribution >= 0.6 is 12.4 Å². The molecule has 0 fully saturated rings. The van der Waals surface area contributed by atoms with E-state index >= 15 is 0 Å². The lowest BCUT2D eigenvalue weighted by Gasteiger charge is -2.23. The number of esters is 1. The van der Waals surface area contributed by atoms with E-state index in [9.17, 15) is 9.59 Å². The van der Waals surface area contributed by atoms with Crippen molar-refractivity contribution >= 4 is 24.3 Å². The predicted molar refractivity (Wildman–Crippen MR) is 59.7 cm³/mol. The van der Waals surface area contributed by atoms with Gasteiger partial charge in [-0.3, -0.25) is 4.79 Å². The van der Waals surface area contributed by atoms with Crippen LogP contribution in [0.5, 0.6) is 0 Å². The summed E-state index contributed by atoms with van der Waals surface area (Å²) in [5.74, 6) is -0.718. The smallest absolute Gasteiger partial charge is 0.328 e. The number of methoxy groups -OCH3 is 1. The first-order valence-electron chi connectivity index (χ1n) is 4.44. The highest BCUT2D eigenvalue weighted by molar-refractivity contribution is 5.87. The largest absolute Gasteiger partial charge is 0.467 e. The van der Waals surface area contributed by atoms with Crippen LogP contribution in [-0.4, -0.2) is 31.6 Å². The number of ether oxygens (including phenoxy) is 1. The number of rotatable bonds is 4. The van der Waals surface area contributed by atoms with Crippen LogP contribution in [-0.2, 0) is 14.3 Å². The van der Waals surface area contributed by atoms with Gasteiger partial charge in [0.2, 0.25) is 5.91 Å². The van der Waals surface area contributed by atoms with Crippen molar-refractivity contribution in [1.29, 1.82) is 0 Å². The SMILES string of the molecule is COC(=O)[C@@H](C)NC(=O)C(C)(C)CN.Cl. The van der Waals surface area contributed by atoms with Crippen molar-refractivity contribution < 1.29 is 14.3 Å². The molecule has 1 atom stereocenters. The molecule has 0 rings (SSSR count). The Bertz CT molecular complexity index is 231. The molecule has 0 saturated heterocycles. The molecule has 5 nitrogen and oxygen atoms in total. The topological polar surface area (TPSA) is 81.4 Å². The molecule has 0 aromatic rings. The number of hydrogen-bond donors (Lipinski definition) is 2. The molecule has 0 aliphatic rings. The Morgan fingerprint density at radius 2 is 1.93 bits per heavy atom. The van der Waals surface area contributed by atoms with Crippen molar-refractivity contribution in [2.24, 2.45) is 11.1 Å². The lowest BCUT2D eigenvalue weighted by Crippen LogP contribution is -2.48. The van der Waals surface area contributed by atoms with E-state index in [1.165, 1.54) is 7.11 Å². The van der Waals surface area contributed by atoms with E-state index in [0.717, 1.165) is 0 Å². The third kappa shape index (κ3) is 4.99. The predicted octanol–water partition coefficient (Wildman–Crippen LogP) is 0.0708. The van der Waals surface area contributed by atoms with Crippen LogP contribution in [0.3, 0.4) is 0 Å². The highest BCUT2D eigenvalue weighted by atomic mass is 35.5. The van der Waals surface area contributed by atoms with E-state index in [1.54, 1.807) is 20.8 Å². The summed E-state index contributed by atoms with van der Waals surface area (Å²) in [7, 11) is 1.28. The summed E-state index contributed by atoms with van der Waals surface area (Å²) in [5, 5.41) is 2.53. The Labute approximate surface area is 96.1 Å². The molecule has 0 aromatic heterocycles. The van der Waals surface area contributed by atoms with Crippen LogP contribution in [0.15, 0.2) is 0 Å². The van der Waals surface area contributed by atoms with Gasteiger partial charge < -0.3 is 15.8 Å². The van der Waals surface area contributed by atoms with Gasteiger partial charge in [-0.1, -0.05) is 0 Å². The minimum Gasteiger partial charge on any atom is -0.467 e. The Kier molecular flexibility index (Phi) is 7.35. The van der Waals surface area contributed by atoms with Gasteiger partial charge in [0.15, 0.2) is 0 Å². The Morgan fingerprint density at radius 1 is 1.47 bits per heavy atom. The fourth-order valence-electron chi connectivity index (χ4n) is 0.720. The Morgan fingerprint density at radius 3 is 2.27 bits per heavy atom. The van der Waals surface area contributed by atoms with Gasteiger partial charge in [-0.2, -0.15) is 0 Å². The summed E-state index contributed by atoms with van der Waals surface area (Å²) in [4.78, 5) is 22.5. The first-order valence-corrected chi connectivity index (χ1v) is 4.44. The van der Waals surface area contributed by atoms with Crippen LogP contribution in [0.2, 0.25) is 0 Å². The van der Waals surface area contributed by atoms with Crippen LogP contribution in [0.25, 0.3) is 0 Å². The minimum absolute atomic E-state index is 0. The van der Waals surface area contributed by atoms with Gasteiger partial charge >= 0.3 is 5.97 Å². The average molecular weight is 239 g/mol. The van der Waals surface area contributed by atoms with Crippen LogP contribution in [0.1, 0.15) is 20.8 Å². The number of halogens is 1. The maximum atomic E-state index is 11.5. The lowest BCUT2D eigenvalue weighted by molar-refractivity contribution is -0.145. The second-order valence-electron chi connectivity index (χ2n) is 3.81. The van der Waals surface area contributed by atoms with Crippen molar-refractivity contribution in [1.82, 2.24) is 5.32 Å². The Balaban J connectivity index is 0. The highest BCUT2D eigenvalue weighted by Crippen LogP contribution is 2.12. The van der Waals surface area contributed by atoms with Gasteiger partial charge in [0.1, 0.15) is 6.04 Å². The van der Waals surface area contributed by atoms with Crippen LogP contribution in [0, 0.1) is 5.41 Å². The van der Waals surface area contributed by atoms with Crippen molar-refractivity contribution in [3.05, 3.63) is 0 Å². The number of hydrogen-bond acceptors (Lipinski definition) is 4. The number of carbonyl (C=O) groups excluding carboxylic acids is 2. The minimum atomic E-state index is -0.664. The second-order valence-corrected chi connectivity index (χ2v) is 3.81. The van der Waals surface area contributed by atoms with E-state index < -0.39 is 17.4 Å². The standard InChI is InChI=1S/C9H18N2O3.ClH/c1-6(7(12)14-4)11-8(13)9(2,3)5-10;/h6H,5,10H2,1-4H3,(H,11,13);1H/t6-;/m1./s1. The molecule has 90 valence electrons. The number of nitrogens with one attached hydrogen (secondary N) is 1. The van der Waals surface area contributed by atoms with Crippen LogP contribution < -0.4 is 11.1 Å². The lowest BCUT2D eigenvalue weighted by atomic mass is 9.92. The molecule has 0 aliphatic carbocycles. The maximum Gasteiger partial charge on any atom is 0.328 e. The number of carbonyl (C=O) groups is 2. The molecule has 0 unspecified atom stereocenters. The third-order valence-corrected chi connectivity index (χ3v) is 2.03. The van der Waals surface area contributed by atoms with E-state index in [-0.39, 0.29) is 24.9 Å². The van der Waals surface area contributed by atoms with Crippen LogP contribution in [0.4, 0.5) is 0 Å². The quantitative estimate of drug-likeness (QED) is 0.680. The van der Waals surface area contributed by atoms with E-state index in [4.69, 9.17) is 5.73 Å². The molecule has 0 bridgehead atoms. The fraction of sp³-hybridized carbons (Fsp3) is 0.778. The monoisotopic (exact) mass is 238 g/mol. The third-order valence-electron chi connectivity index (χ3n) is 2.03. The molecule has 0 radical (unpaired) electrons. The molecule has 0 saturated carbocycles. The normalized spacial score (nSPS) is 12.3. The zero-order valence-corrected chi connectivity index (χ0v) is 10.3. The molecule has 6 heteroatoms. The van der Waals surface area contributed by atoms with Crippen molar-refractivity contribution in [2.75, 3.05) is 13.7 Å². The van der Waals surface area contributed by atoms with Gasteiger partial charge in [-0.05, 0) is 20.8 Å². The highest BCUT2D eigenvalue weighted by Gasteiger charge is 2.28. The summed E-state index contributed by atoms with van der Waals surface area (Å²) in [6, 6.07) is -0.640. The van der Waals surface area contributed by atoms with E-state index in [0.29, 0.717) is 0 Å². The molecule has 1 amide bonds. The van der Waals surface area contributed by atoms with Crippen molar-refractivity contribution in [2.45, 2.75) is 26.8 Å². The molecule has 0 aromatic carbocycles. The fourth-order valence-corrected chi connectivity index (χ4v) is 0.720. The Hall–Kier alpha value is -0.810. The molecular weight excluding hydrogens is 220 g/mol.